The van der Waals surface area contributed by atoms with Gasteiger partial charge in [-0.1, -0.05) is 0 Å². The van der Waals surface area contributed by atoms with Gasteiger partial charge in [0, 0.05) is 37.8 Å². The maximum absolute atomic E-state index is 5.53. The summed E-state index contributed by atoms with van der Waals surface area (Å²) >= 11 is 0. The zero-order valence-corrected chi connectivity index (χ0v) is 9.62. The van der Waals surface area contributed by atoms with Crippen LogP contribution in [-0.2, 0) is 4.74 Å². The molecule has 82 valence electrons. The molecule has 1 atom stereocenters. The van der Waals surface area contributed by atoms with E-state index in [2.05, 4.69) is 30.6 Å². The SMILES string of the molecule is CC(C)(C)N1CCN2CCOCC2C1. The molecule has 0 aromatic carbocycles. The van der Waals surface area contributed by atoms with E-state index in [-0.39, 0.29) is 0 Å². The van der Waals surface area contributed by atoms with E-state index in [0.717, 1.165) is 19.8 Å². The molecule has 2 fully saturated rings. The molecule has 0 amide bonds. The molecule has 0 bridgehead atoms. The smallest absolute Gasteiger partial charge is 0.0634 e. The van der Waals surface area contributed by atoms with Gasteiger partial charge in [0.2, 0.25) is 0 Å². The first-order chi connectivity index (χ1) is 6.57. The van der Waals surface area contributed by atoms with E-state index in [0.29, 0.717) is 11.6 Å². The van der Waals surface area contributed by atoms with Crippen LogP contribution in [0.5, 0.6) is 0 Å². The van der Waals surface area contributed by atoms with Crippen molar-refractivity contribution in [2.45, 2.75) is 32.4 Å². The van der Waals surface area contributed by atoms with Crippen LogP contribution < -0.4 is 0 Å². The van der Waals surface area contributed by atoms with Gasteiger partial charge in [0.1, 0.15) is 0 Å². The normalized spacial score (nSPS) is 31.5. The molecule has 0 N–H and O–H groups in total. The summed E-state index contributed by atoms with van der Waals surface area (Å²) in [7, 11) is 0. The second-order valence-corrected chi connectivity index (χ2v) is 5.38. The van der Waals surface area contributed by atoms with Gasteiger partial charge in [-0.05, 0) is 20.8 Å². The average molecular weight is 198 g/mol. The van der Waals surface area contributed by atoms with Crippen molar-refractivity contribution in [2.24, 2.45) is 0 Å². The molecule has 0 saturated carbocycles. The molecule has 2 rings (SSSR count). The summed E-state index contributed by atoms with van der Waals surface area (Å²) in [6.45, 7) is 13.5. The average Bonchev–Trinajstić information content (AvgIpc) is 2.16. The third-order valence-electron chi connectivity index (χ3n) is 3.39. The molecule has 2 aliphatic rings. The Hall–Kier alpha value is -0.120. The third kappa shape index (κ3) is 2.10. The van der Waals surface area contributed by atoms with Gasteiger partial charge in [0.05, 0.1) is 13.2 Å². The number of piperazine rings is 1. The van der Waals surface area contributed by atoms with E-state index >= 15 is 0 Å². The number of morpholine rings is 1. The highest BCUT2D eigenvalue weighted by Gasteiger charge is 2.33. The largest absolute Gasteiger partial charge is 0.378 e. The lowest BCUT2D eigenvalue weighted by Gasteiger charge is -2.48. The minimum absolute atomic E-state index is 0.309. The van der Waals surface area contributed by atoms with E-state index in [1.54, 1.807) is 0 Å². The van der Waals surface area contributed by atoms with Crippen molar-refractivity contribution in [1.29, 1.82) is 0 Å². The minimum atomic E-state index is 0.309. The molecule has 0 aromatic heterocycles. The van der Waals surface area contributed by atoms with Crippen LogP contribution in [0.25, 0.3) is 0 Å². The summed E-state index contributed by atoms with van der Waals surface area (Å²) in [5, 5.41) is 0. The van der Waals surface area contributed by atoms with Gasteiger partial charge >= 0.3 is 0 Å². The molecule has 3 nitrogen and oxygen atoms in total. The van der Waals surface area contributed by atoms with Crippen LogP contribution in [0.1, 0.15) is 20.8 Å². The lowest BCUT2D eigenvalue weighted by molar-refractivity contribution is -0.0620. The molecule has 0 aliphatic carbocycles. The second kappa shape index (κ2) is 3.80. The summed E-state index contributed by atoms with van der Waals surface area (Å²) in [6.07, 6.45) is 0. The number of fused-ring (bicyclic) bond motifs is 1. The first-order valence-electron chi connectivity index (χ1n) is 5.64. The molecular weight excluding hydrogens is 176 g/mol. The van der Waals surface area contributed by atoms with Gasteiger partial charge < -0.3 is 4.74 Å². The predicted octanol–water partition coefficient (Wildman–Crippen LogP) is 0.801. The molecule has 1 unspecified atom stereocenters. The van der Waals surface area contributed by atoms with Crippen LogP contribution >= 0.6 is 0 Å². The molecule has 0 aromatic rings. The van der Waals surface area contributed by atoms with Crippen LogP contribution in [0, 0.1) is 0 Å². The summed E-state index contributed by atoms with van der Waals surface area (Å²) in [5.74, 6) is 0. The number of nitrogens with zero attached hydrogens (tertiary/aromatic N) is 2. The summed E-state index contributed by atoms with van der Waals surface area (Å²) in [6, 6.07) is 0.636. The Bertz CT molecular complexity index is 200. The molecule has 2 saturated heterocycles. The van der Waals surface area contributed by atoms with Gasteiger partial charge in [-0.15, -0.1) is 0 Å². The molecule has 0 radical (unpaired) electrons. The van der Waals surface area contributed by atoms with Crippen LogP contribution in [0.3, 0.4) is 0 Å². The second-order valence-electron chi connectivity index (χ2n) is 5.38. The van der Waals surface area contributed by atoms with Gasteiger partial charge in [-0.3, -0.25) is 9.80 Å². The Morgan fingerprint density at radius 1 is 1.14 bits per heavy atom. The Kier molecular flexibility index (Phi) is 2.82. The summed E-state index contributed by atoms with van der Waals surface area (Å²) < 4.78 is 5.53. The van der Waals surface area contributed by atoms with Crippen molar-refractivity contribution in [3.8, 4) is 0 Å². The fourth-order valence-corrected chi connectivity index (χ4v) is 2.36. The van der Waals surface area contributed by atoms with E-state index in [1.807, 2.05) is 0 Å². The van der Waals surface area contributed by atoms with Crippen LogP contribution in [0.4, 0.5) is 0 Å². The first kappa shape index (κ1) is 10.4. The highest BCUT2D eigenvalue weighted by atomic mass is 16.5. The topological polar surface area (TPSA) is 15.7 Å². The van der Waals surface area contributed by atoms with E-state index < -0.39 is 0 Å². The van der Waals surface area contributed by atoms with Crippen molar-refractivity contribution in [3.63, 3.8) is 0 Å². The van der Waals surface area contributed by atoms with Crippen molar-refractivity contribution in [3.05, 3.63) is 0 Å². The molecule has 0 spiro atoms. The van der Waals surface area contributed by atoms with E-state index in [1.165, 1.54) is 19.6 Å². The Morgan fingerprint density at radius 2 is 1.93 bits per heavy atom. The van der Waals surface area contributed by atoms with Crippen LogP contribution in [-0.4, -0.2) is 60.8 Å². The van der Waals surface area contributed by atoms with E-state index in [9.17, 15) is 0 Å². The Labute approximate surface area is 87.0 Å². The van der Waals surface area contributed by atoms with Crippen molar-refractivity contribution in [2.75, 3.05) is 39.4 Å². The monoisotopic (exact) mass is 198 g/mol. The van der Waals surface area contributed by atoms with Crippen molar-refractivity contribution < 1.29 is 4.74 Å². The van der Waals surface area contributed by atoms with E-state index in [4.69, 9.17) is 4.74 Å². The van der Waals surface area contributed by atoms with Gasteiger partial charge in [-0.25, -0.2) is 0 Å². The number of hydrogen-bond acceptors (Lipinski definition) is 3. The maximum atomic E-state index is 5.53. The van der Waals surface area contributed by atoms with Crippen LogP contribution in [0.15, 0.2) is 0 Å². The zero-order valence-electron chi connectivity index (χ0n) is 9.62. The maximum Gasteiger partial charge on any atom is 0.0634 e. The molecule has 3 heteroatoms. The molecular formula is C11H22N2O. The third-order valence-corrected chi connectivity index (χ3v) is 3.39. The predicted molar refractivity (Wildman–Crippen MR) is 57.5 cm³/mol. The summed E-state index contributed by atoms with van der Waals surface area (Å²) in [5.41, 5.74) is 0.309. The van der Waals surface area contributed by atoms with Gasteiger partial charge in [-0.2, -0.15) is 0 Å². The molecule has 14 heavy (non-hydrogen) atoms. The number of hydrogen-bond donors (Lipinski definition) is 0. The lowest BCUT2D eigenvalue weighted by atomic mass is 10.0. The van der Waals surface area contributed by atoms with Crippen molar-refractivity contribution in [1.82, 2.24) is 9.80 Å². The fraction of sp³-hybridized carbons (Fsp3) is 1.00. The number of rotatable bonds is 0. The van der Waals surface area contributed by atoms with Crippen molar-refractivity contribution >= 4 is 0 Å². The Balaban J connectivity index is 1.96. The first-order valence-corrected chi connectivity index (χ1v) is 5.64. The molecule has 2 aliphatic heterocycles. The quantitative estimate of drug-likeness (QED) is 0.572. The summed E-state index contributed by atoms with van der Waals surface area (Å²) in [4.78, 5) is 5.15. The van der Waals surface area contributed by atoms with Gasteiger partial charge in [0.25, 0.3) is 0 Å². The molecule has 2 heterocycles. The minimum Gasteiger partial charge on any atom is -0.378 e. The Morgan fingerprint density at radius 3 is 2.64 bits per heavy atom. The fourth-order valence-electron chi connectivity index (χ4n) is 2.36. The lowest BCUT2D eigenvalue weighted by Crippen LogP contribution is -2.61. The van der Waals surface area contributed by atoms with Crippen LogP contribution in [0.2, 0.25) is 0 Å². The number of ether oxygens (including phenoxy) is 1. The van der Waals surface area contributed by atoms with Gasteiger partial charge in [0.15, 0.2) is 0 Å². The zero-order chi connectivity index (χ0) is 10.2. The highest BCUT2D eigenvalue weighted by molar-refractivity contribution is 4.89. The highest BCUT2D eigenvalue weighted by Crippen LogP contribution is 2.20. The standard InChI is InChI=1S/C11H22N2O/c1-11(2,3)13-5-4-12-6-7-14-9-10(12)8-13/h10H,4-9H2,1-3H3.